The van der Waals surface area contributed by atoms with Crippen LogP contribution in [0.4, 0.5) is 0 Å². The topological polar surface area (TPSA) is 26.3 Å². The zero-order chi connectivity index (χ0) is 14.7. The van der Waals surface area contributed by atoms with Gasteiger partial charge in [-0.15, -0.1) is 0 Å². The second kappa shape index (κ2) is 6.83. The summed E-state index contributed by atoms with van der Waals surface area (Å²) in [7, 11) is 0. The molecule has 2 fully saturated rings. The zero-order valence-corrected chi connectivity index (χ0v) is 13.2. The van der Waals surface area contributed by atoms with Crippen LogP contribution in [0.5, 0.6) is 5.75 Å². The largest absolute Gasteiger partial charge is 0.492 e. The van der Waals surface area contributed by atoms with Crippen molar-refractivity contribution >= 4 is 17.4 Å². The van der Waals surface area contributed by atoms with Crippen LogP contribution in [0.2, 0.25) is 5.02 Å². The lowest BCUT2D eigenvalue weighted by Crippen LogP contribution is -2.11. The minimum Gasteiger partial charge on any atom is -0.492 e. The molecule has 0 aliphatic heterocycles. The summed E-state index contributed by atoms with van der Waals surface area (Å²) in [5.41, 5.74) is 1.13. The summed E-state index contributed by atoms with van der Waals surface area (Å²) in [6.07, 6.45) is 8.60. The van der Waals surface area contributed by atoms with Crippen LogP contribution >= 0.6 is 11.6 Å². The first-order chi connectivity index (χ1) is 10.2. The number of halogens is 1. The van der Waals surface area contributed by atoms with Crippen LogP contribution in [-0.2, 0) is 11.2 Å². The highest BCUT2D eigenvalue weighted by molar-refractivity contribution is 6.32. The van der Waals surface area contributed by atoms with Gasteiger partial charge in [0.25, 0.3) is 0 Å². The van der Waals surface area contributed by atoms with E-state index in [1.54, 1.807) is 0 Å². The highest BCUT2D eigenvalue weighted by Crippen LogP contribution is 2.32. The smallest absolute Gasteiger partial charge is 0.137 e. The third kappa shape index (κ3) is 4.23. The van der Waals surface area contributed by atoms with Gasteiger partial charge in [0.2, 0.25) is 0 Å². The van der Waals surface area contributed by atoms with Crippen LogP contribution in [0.1, 0.15) is 50.5 Å². The van der Waals surface area contributed by atoms with E-state index in [1.165, 1.54) is 25.7 Å². The number of Topliss-reactive ketones (excluding diaryl/α,β-unsaturated/α-hetero) is 1. The molecule has 2 nitrogen and oxygen atoms in total. The number of hydrogen-bond acceptors (Lipinski definition) is 2. The molecule has 0 spiro atoms. The Labute approximate surface area is 131 Å². The molecule has 1 aromatic rings. The lowest BCUT2D eigenvalue weighted by molar-refractivity contribution is -0.122. The molecule has 3 rings (SSSR count). The number of hydrogen-bond donors (Lipinski definition) is 0. The van der Waals surface area contributed by atoms with E-state index in [1.807, 2.05) is 18.2 Å². The van der Waals surface area contributed by atoms with Gasteiger partial charge in [-0.1, -0.05) is 30.5 Å². The van der Waals surface area contributed by atoms with E-state index in [0.717, 1.165) is 43.1 Å². The lowest BCUT2D eigenvalue weighted by Gasteiger charge is -2.10. The lowest BCUT2D eigenvalue weighted by atomic mass is 9.97. The van der Waals surface area contributed by atoms with Gasteiger partial charge in [-0.05, 0) is 55.7 Å². The van der Waals surface area contributed by atoms with E-state index >= 15 is 0 Å². The Hall–Kier alpha value is -1.02. The molecule has 2 saturated carbocycles. The van der Waals surface area contributed by atoms with Gasteiger partial charge in [-0.25, -0.2) is 0 Å². The van der Waals surface area contributed by atoms with Crippen LogP contribution in [0, 0.1) is 11.8 Å². The molecule has 0 unspecified atom stereocenters. The first-order valence-electron chi connectivity index (χ1n) is 8.16. The molecule has 2 aliphatic carbocycles. The Morgan fingerprint density at radius 2 is 1.95 bits per heavy atom. The van der Waals surface area contributed by atoms with Gasteiger partial charge in [0.15, 0.2) is 0 Å². The summed E-state index contributed by atoms with van der Waals surface area (Å²) in [6.45, 7) is 0.777. The Bertz CT molecular complexity index is 502. The summed E-state index contributed by atoms with van der Waals surface area (Å²) in [6, 6.07) is 5.93. The predicted molar refractivity (Wildman–Crippen MR) is 85.0 cm³/mol. The minimum absolute atomic E-state index is 0.321. The summed E-state index contributed by atoms with van der Waals surface area (Å²) in [5, 5.41) is 0.668. The van der Waals surface area contributed by atoms with Crippen molar-refractivity contribution in [2.45, 2.75) is 51.4 Å². The summed E-state index contributed by atoms with van der Waals surface area (Å²) in [5.74, 6) is 2.25. The van der Waals surface area contributed by atoms with Crippen molar-refractivity contribution in [1.29, 1.82) is 0 Å². The minimum atomic E-state index is 0.321. The quantitative estimate of drug-likeness (QED) is 0.722. The van der Waals surface area contributed by atoms with Gasteiger partial charge < -0.3 is 4.74 Å². The molecule has 3 heteroatoms. The maximum absolute atomic E-state index is 12.1. The molecule has 0 amide bonds. The Morgan fingerprint density at radius 1 is 1.19 bits per heavy atom. The normalized spacial score (nSPS) is 18.9. The van der Waals surface area contributed by atoms with Gasteiger partial charge in [0.05, 0.1) is 11.6 Å². The molecule has 21 heavy (non-hydrogen) atoms. The molecular formula is C18H23ClO2. The molecule has 1 aromatic carbocycles. The van der Waals surface area contributed by atoms with Gasteiger partial charge in [-0.2, -0.15) is 0 Å². The molecule has 0 saturated heterocycles. The van der Waals surface area contributed by atoms with Gasteiger partial charge >= 0.3 is 0 Å². The number of ketones is 1. The van der Waals surface area contributed by atoms with Gasteiger partial charge in [0, 0.05) is 12.3 Å². The zero-order valence-electron chi connectivity index (χ0n) is 12.4. The second-order valence-electron chi connectivity index (χ2n) is 6.47. The van der Waals surface area contributed by atoms with Crippen LogP contribution in [0.25, 0.3) is 0 Å². The van der Waals surface area contributed by atoms with Crippen LogP contribution in [-0.4, -0.2) is 12.4 Å². The van der Waals surface area contributed by atoms with E-state index < -0.39 is 0 Å². The Morgan fingerprint density at radius 3 is 2.62 bits per heavy atom. The van der Waals surface area contributed by atoms with Crippen molar-refractivity contribution in [3.8, 4) is 5.75 Å². The van der Waals surface area contributed by atoms with E-state index in [4.69, 9.17) is 16.3 Å². The molecule has 0 atom stereocenters. The van der Waals surface area contributed by atoms with Crippen molar-refractivity contribution in [3.05, 3.63) is 28.8 Å². The summed E-state index contributed by atoms with van der Waals surface area (Å²) in [4.78, 5) is 12.1. The van der Waals surface area contributed by atoms with Crippen LogP contribution in [0.3, 0.4) is 0 Å². The number of carbonyl (C=O) groups excluding carboxylic acids is 1. The number of ether oxygens (including phenoxy) is 1. The van der Waals surface area contributed by atoms with Crippen molar-refractivity contribution in [2.24, 2.45) is 11.8 Å². The van der Waals surface area contributed by atoms with Crippen molar-refractivity contribution < 1.29 is 9.53 Å². The number of rotatable bonds is 7. The molecule has 0 radical (unpaired) electrons. The fourth-order valence-corrected chi connectivity index (χ4v) is 3.29. The van der Waals surface area contributed by atoms with E-state index in [-0.39, 0.29) is 0 Å². The standard InChI is InChI=1S/C18H23ClO2/c19-16-11-13(7-9-17(20)15-3-1-2-4-15)8-10-18(16)21-12-14-5-6-14/h8,10-11,14-15H,1-7,9,12H2. The molecule has 0 heterocycles. The third-order valence-corrected chi connectivity index (χ3v) is 4.93. The van der Waals surface area contributed by atoms with Crippen molar-refractivity contribution in [2.75, 3.05) is 6.61 Å². The van der Waals surface area contributed by atoms with Gasteiger partial charge in [0.1, 0.15) is 11.5 Å². The molecule has 0 aromatic heterocycles. The number of benzene rings is 1. The van der Waals surface area contributed by atoms with E-state index in [0.29, 0.717) is 23.1 Å². The molecule has 0 N–H and O–H groups in total. The molecule has 2 aliphatic rings. The van der Waals surface area contributed by atoms with Crippen molar-refractivity contribution in [1.82, 2.24) is 0 Å². The molecule has 0 bridgehead atoms. The maximum atomic E-state index is 12.1. The predicted octanol–water partition coefficient (Wildman–Crippen LogP) is 4.82. The highest BCUT2D eigenvalue weighted by Gasteiger charge is 2.23. The molecule has 114 valence electrons. The Kier molecular flexibility index (Phi) is 4.84. The van der Waals surface area contributed by atoms with Crippen molar-refractivity contribution in [3.63, 3.8) is 0 Å². The maximum Gasteiger partial charge on any atom is 0.137 e. The summed E-state index contributed by atoms with van der Waals surface area (Å²) < 4.78 is 5.72. The van der Waals surface area contributed by atoms with E-state index in [9.17, 15) is 4.79 Å². The summed E-state index contributed by atoms with van der Waals surface area (Å²) >= 11 is 6.27. The fraction of sp³-hybridized carbons (Fsp3) is 0.611. The highest BCUT2D eigenvalue weighted by atomic mass is 35.5. The Balaban J connectivity index is 1.50. The van der Waals surface area contributed by atoms with Gasteiger partial charge in [-0.3, -0.25) is 4.79 Å². The monoisotopic (exact) mass is 306 g/mol. The van der Waals surface area contributed by atoms with Crippen LogP contribution < -0.4 is 4.74 Å². The van der Waals surface area contributed by atoms with Crippen LogP contribution in [0.15, 0.2) is 18.2 Å². The SMILES string of the molecule is O=C(CCc1ccc(OCC2CC2)c(Cl)c1)C1CCCC1. The first-order valence-corrected chi connectivity index (χ1v) is 8.54. The van der Waals surface area contributed by atoms with E-state index in [2.05, 4.69) is 0 Å². The third-order valence-electron chi connectivity index (χ3n) is 4.64. The number of carbonyl (C=O) groups is 1. The number of aryl methyl sites for hydroxylation is 1. The molecular weight excluding hydrogens is 284 g/mol. The fourth-order valence-electron chi connectivity index (χ4n) is 3.03. The first kappa shape index (κ1) is 14.9. The second-order valence-corrected chi connectivity index (χ2v) is 6.87. The average molecular weight is 307 g/mol. The average Bonchev–Trinajstić information content (AvgIpc) is 3.14.